The number of unbranched alkanes of at least 4 members (excludes halogenated alkanes) is 3. The Kier molecular flexibility index (Phi) is 13.0. The van der Waals surface area contributed by atoms with Crippen LogP contribution in [0.3, 0.4) is 0 Å². The average molecular weight is 514 g/mol. The van der Waals surface area contributed by atoms with Gasteiger partial charge in [-0.25, -0.2) is 0 Å². The molecule has 0 unspecified atom stereocenters. The van der Waals surface area contributed by atoms with Crippen LogP contribution in [0.5, 0.6) is 5.75 Å². The molecule has 0 N–H and O–H groups in total. The van der Waals surface area contributed by atoms with Crippen LogP contribution in [0.4, 0.5) is 0 Å². The van der Waals surface area contributed by atoms with Gasteiger partial charge < -0.3 is 0 Å². The molecule has 1 rings (SSSR count). The van der Waals surface area contributed by atoms with E-state index in [1.54, 1.807) is 0 Å². The van der Waals surface area contributed by atoms with Crippen molar-refractivity contribution in [1.29, 1.82) is 0 Å². The molecule has 162 valence electrons. The summed E-state index contributed by atoms with van der Waals surface area (Å²) in [6.45, 7) is 15.3. The molecule has 0 aromatic carbocycles. The summed E-state index contributed by atoms with van der Waals surface area (Å²) in [5.74, 6) is 1.02. The van der Waals surface area contributed by atoms with Crippen LogP contribution in [-0.4, -0.2) is 44.8 Å². The van der Waals surface area contributed by atoms with Crippen molar-refractivity contribution in [3.05, 3.63) is 18.3 Å². The van der Waals surface area contributed by atoms with Crippen LogP contribution in [0.1, 0.15) is 59.3 Å². The molecule has 28 heavy (non-hydrogen) atoms. The van der Waals surface area contributed by atoms with E-state index in [2.05, 4.69) is 46.5 Å². The maximum absolute atomic E-state index is 6.18. The molecule has 1 heterocycles. The first-order valence-corrected chi connectivity index (χ1v) is 22.7. The second-order valence-corrected chi connectivity index (χ2v) is 28.0. The van der Waals surface area contributed by atoms with Crippen molar-refractivity contribution in [3.8, 4) is 5.75 Å². The van der Waals surface area contributed by atoms with Gasteiger partial charge in [0.1, 0.15) is 0 Å². The van der Waals surface area contributed by atoms with E-state index in [4.69, 9.17) is 14.5 Å². The van der Waals surface area contributed by atoms with E-state index in [9.17, 15) is 0 Å². The molecule has 0 saturated carbocycles. The van der Waals surface area contributed by atoms with Gasteiger partial charge in [0.15, 0.2) is 0 Å². The minimum absolute atomic E-state index is 0.362. The molecule has 1 aromatic heterocycles. The third-order valence-electron chi connectivity index (χ3n) is 5.59. The zero-order chi connectivity index (χ0) is 20.9. The summed E-state index contributed by atoms with van der Waals surface area (Å²) in [4.78, 5) is 4.97. The normalized spacial score (nSPS) is 12.4. The van der Waals surface area contributed by atoms with Gasteiger partial charge in [-0.2, -0.15) is 0 Å². The molecule has 0 aliphatic heterocycles. The van der Waals surface area contributed by atoms with Gasteiger partial charge in [0.25, 0.3) is 0 Å². The van der Waals surface area contributed by atoms with E-state index in [1.165, 1.54) is 61.6 Å². The number of nitrogens with zero attached hydrogens (tertiary/aromatic N) is 1. The zero-order valence-corrected chi connectivity index (χ0v) is 23.3. The first kappa shape index (κ1) is 26.0. The summed E-state index contributed by atoms with van der Waals surface area (Å²) in [5, 5.41) is 0. The Bertz CT molecular complexity index is 512. The second kappa shape index (κ2) is 14.0. The van der Waals surface area contributed by atoms with Crippen LogP contribution in [0.2, 0.25) is 39.0 Å². The number of rotatable bonds is 16. The van der Waals surface area contributed by atoms with Gasteiger partial charge in [0.05, 0.1) is 0 Å². The van der Waals surface area contributed by atoms with Crippen LogP contribution < -0.4 is 8.45 Å². The van der Waals surface area contributed by atoms with Crippen LogP contribution in [0.25, 0.3) is 0 Å². The van der Waals surface area contributed by atoms with E-state index in [-0.39, 0.29) is 0 Å². The van der Waals surface area contributed by atoms with Crippen molar-refractivity contribution in [1.82, 2.24) is 4.98 Å². The van der Waals surface area contributed by atoms with Crippen LogP contribution in [0, 0.1) is 0 Å². The molecule has 1 aromatic rings. The van der Waals surface area contributed by atoms with Crippen molar-refractivity contribution in [3.63, 3.8) is 0 Å². The third-order valence-corrected chi connectivity index (χ3v) is 22.5. The quantitative estimate of drug-likeness (QED) is 0.138. The van der Waals surface area contributed by atoms with Crippen molar-refractivity contribution < 1.29 is 9.47 Å². The minimum atomic E-state index is -2.58. The predicted octanol–water partition coefficient (Wildman–Crippen LogP) is 6.83. The Balaban J connectivity index is 2.95. The average Bonchev–Trinajstić information content (AvgIpc) is 2.67. The second-order valence-electron chi connectivity index (χ2n) is 9.42. The van der Waals surface area contributed by atoms with Gasteiger partial charge in [0.2, 0.25) is 0 Å². The van der Waals surface area contributed by atoms with E-state index in [0.29, 0.717) is 6.79 Å². The Labute approximate surface area is 179 Å². The number of aromatic nitrogens is 1. The maximum atomic E-state index is 6.18. The van der Waals surface area contributed by atoms with Gasteiger partial charge in [-0.15, -0.1) is 0 Å². The fourth-order valence-corrected chi connectivity index (χ4v) is 20.4. The Hall–Kier alpha value is -0.0744. The summed E-state index contributed by atoms with van der Waals surface area (Å²) in [7, 11) is -1.05. The summed E-state index contributed by atoms with van der Waals surface area (Å²) < 4.78 is 17.6. The molecule has 0 atom stereocenters. The van der Waals surface area contributed by atoms with Gasteiger partial charge >= 0.3 is 180 Å². The molecule has 0 radical (unpaired) electrons. The van der Waals surface area contributed by atoms with E-state index < -0.39 is 26.5 Å². The monoisotopic (exact) mass is 515 g/mol. The molecule has 5 heteroatoms. The predicted molar refractivity (Wildman–Crippen MR) is 128 cm³/mol. The van der Waals surface area contributed by atoms with E-state index in [0.717, 1.165) is 12.4 Å². The molecule has 0 aliphatic carbocycles. The summed E-state index contributed by atoms with van der Waals surface area (Å²) in [6, 6.07) is 5.35. The van der Waals surface area contributed by atoms with Gasteiger partial charge in [-0.05, 0) is 0 Å². The van der Waals surface area contributed by atoms with Gasteiger partial charge in [0, 0.05) is 0 Å². The fraction of sp³-hybridized carbons (Fsp3) is 0.783. The topological polar surface area (TPSA) is 31.4 Å². The number of pyridine rings is 1. The van der Waals surface area contributed by atoms with Crippen molar-refractivity contribution in [2.75, 3.05) is 13.4 Å². The fourth-order valence-electron chi connectivity index (χ4n) is 3.72. The molecule has 0 aliphatic rings. The SMILES string of the molecule is CCC[CH2][Sn]([CH2]CCC)([CH2]CCC)[c]1ncccc1OCOCC[Si](C)(C)C. The van der Waals surface area contributed by atoms with Crippen molar-refractivity contribution >= 4 is 30.2 Å². The Morgan fingerprint density at radius 1 is 0.929 bits per heavy atom. The number of hydrogen-bond donors (Lipinski definition) is 0. The molecule has 0 spiro atoms. The summed E-state index contributed by atoms with van der Waals surface area (Å²) in [6.07, 6.45) is 9.84. The van der Waals surface area contributed by atoms with Gasteiger partial charge in [-0.3, -0.25) is 0 Å². The third kappa shape index (κ3) is 9.62. The molecule has 0 saturated heterocycles. The van der Waals surface area contributed by atoms with E-state index in [1.807, 2.05) is 12.3 Å². The van der Waals surface area contributed by atoms with Crippen LogP contribution in [0.15, 0.2) is 18.3 Å². The number of hydrogen-bond acceptors (Lipinski definition) is 3. The standard InChI is InChI=1S/C11H18NO2Si.3C4H9.Sn/c1-15(2,3)8-7-13-10-14-11-5-4-6-12-9-11;3*1-3-4-2;/h4-6H,7-8,10H2,1-3H3;3*1,3-4H2,2H3;. The zero-order valence-electron chi connectivity index (χ0n) is 19.5. The molecular weight excluding hydrogens is 469 g/mol. The molecular formula is C23H45NO2SiSn. The van der Waals surface area contributed by atoms with Gasteiger partial charge in [-0.1, -0.05) is 0 Å². The van der Waals surface area contributed by atoms with Crippen LogP contribution in [-0.2, 0) is 4.74 Å². The molecule has 0 fully saturated rings. The molecule has 0 amide bonds. The Morgan fingerprint density at radius 2 is 1.50 bits per heavy atom. The molecule has 3 nitrogen and oxygen atoms in total. The summed E-state index contributed by atoms with van der Waals surface area (Å²) in [5.41, 5.74) is 0. The van der Waals surface area contributed by atoms with Crippen LogP contribution >= 0.6 is 0 Å². The van der Waals surface area contributed by atoms with Crippen molar-refractivity contribution in [2.45, 2.75) is 98.3 Å². The number of ether oxygens (including phenoxy) is 2. The van der Waals surface area contributed by atoms with Crippen molar-refractivity contribution in [2.24, 2.45) is 0 Å². The van der Waals surface area contributed by atoms with E-state index >= 15 is 0 Å². The summed E-state index contributed by atoms with van der Waals surface area (Å²) >= 11 is -2.58. The first-order valence-electron chi connectivity index (χ1n) is 11.5. The molecule has 0 bridgehead atoms. The first-order chi connectivity index (χ1) is 13.4. The Morgan fingerprint density at radius 3 is 2.00 bits per heavy atom.